The number of ether oxygens (including phenoxy) is 1. The Kier molecular flexibility index (Phi) is 6.68. The van der Waals surface area contributed by atoms with Crippen LogP contribution in [0.1, 0.15) is 49.0 Å². The lowest BCUT2D eigenvalue weighted by molar-refractivity contribution is 0.1000. The summed E-state index contributed by atoms with van der Waals surface area (Å²) in [5, 5.41) is 0. The second kappa shape index (κ2) is 9.20. The Balaban J connectivity index is 1.49. The molecule has 1 fully saturated rings. The molecule has 28 heavy (non-hydrogen) atoms. The van der Waals surface area contributed by atoms with Crippen molar-refractivity contribution in [3.8, 4) is 11.6 Å². The van der Waals surface area contributed by atoms with Crippen LogP contribution in [0.4, 0.5) is 0 Å². The highest BCUT2D eigenvalue weighted by atomic mass is 16.5. The van der Waals surface area contributed by atoms with Gasteiger partial charge in [0, 0.05) is 24.8 Å². The molecule has 1 saturated carbocycles. The van der Waals surface area contributed by atoms with E-state index in [0.717, 1.165) is 30.6 Å². The molecule has 1 aliphatic carbocycles. The van der Waals surface area contributed by atoms with Gasteiger partial charge in [-0.15, -0.1) is 0 Å². The van der Waals surface area contributed by atoms with E-state index in [4.69, 9.17) is 10.5 Å². The third kappa shape index (κ3) is 5.32. The van der Waals surface area contributed by atoms with Crippen molar-refractivity contribution in [2.75, 3.05) is 13.6 Å². The molecule has 3 rings (SSSR count). The van der Waals surface area contributed by atoms with Crippen molar-refractivity contribution >= 4 is 5.91 Å². The molecule has 0 aliphatic heterocycles. The molecule has 0 spiro atoms. The molecular weight excluding hydrogens is 350 g/mol. The van der Waals surface area contributed by atoms with Crippen LogP contribution in [-0.4, -0.2) is 35.4 Å². The van der Waals surface area contributed by atoms with Crippen molar-refractivity contribution in [3.63, 3.8) is 0 Å². The summed E-state index contributed by atoms with van der Waals surface area (Å²) in [5.41, 5.74) is 6.89. The van der Waals surface area contributed by atoms with Gasteiger partial charge in [0.15, 0.2) is 0 Å². The van der Waals surface area contributed by atoms with Crippen LogP contribution in [0, 0.1) is 11.8 Å². The summed E-state index contributed by atoms with van der Waals surface area (Å²) in [6.07, 6.45) is 6.43. The molecule has 1 heterocycles. The lowest BCUT2D eigenvalue weighted by Crippen LogP contribution is -2.38. The Morgan fingerprint density at radius 1 is 1.14 bits per heavy atom. The largest absolute Gasteiger partial charge is 0.439 e. The number of hydrogen-bond donors (Lipinski definition) is 1. The van der Waals surface area contributed by atoms with Crippen molar-refractivity contribution in [3.05, 3.63) is 53.7 Å². The number of benzene rings is 1. The van der Waals surface area contributed by atoms with Crippen LogP contribution in [0.25, 0.3) is 0 Å². The van der Waals surface area contributed by atoms with Gasteiger partial charge in [0.1, 0.15) is 5.75 Å². The smallest absolute Gasteiger partial charge is 0.250 e. The van der Waals surface area contributed by atoms with Crippen LogP contribution in [0.15, 0.2) is 42.6 Å². The van der Waals surface area contributed by atoms with E-state index in [1.54, 1.807) is 12.1 Å². The summed E-state index contributed by atoms with van der Waals surface area (Å²) in [6.45, 7) is 5.84. The Labute approximate surface area is 167 Å². The zero-order chi connectivity index (χ0) is 20.1. The van der Waals surface area contributed by atoms with E-state index in [2.05, 4.69) is 42.9 Å². The molecule has 2 N–H and O–H groups in total. The Morgan fingerprint density at radius 3 is 2.50 bits per heavy atom. The van der Waals surface area contributed by atoms with Crippen LogP contribution in [0.3, 0.4) is 0 Å². The summed E-state index contributed by atoms with van der Waals surface area (Å²) >= 11 is 0. The molecule has 0 bridgehead atoms. The number of carbonyl (C=O) groups is 1. The van der Waals surface area contributed by atoms with Crippen molar-refractivity contribution < 1.29 is 9.53 Å². The van der Waals surface area contributed by atoms with Gasteiger partial charge >= 0.3 is 0 Å². The molecule has 1 aromatic heterocycles. The highest BCUT2D eigenvalue weighted by Gasteiger charge is 2.26. The average molecular weight is 382 g/mol. The first-order chi connectivity index (χ1) is 13.4. The van der Waals surface area contributed by atoms with Crippen LogP contribution >= 0.6 is 0 Å². The molecule has 3 unspecified atom stereocenters. The first-order valence-corrected chi connectivity index (χ1v) is 10.1. The van der Waals surface area contributed by atoms with Gasteiger partial charge in [-0.3, -0.25) is 4.79 Å². The molecule has 150 valence electrons. The van der Waals surface area contributed by atoms with Crippen molar-refractivity contribution in [1.29, 1.82) is 0 Å². The predicted molar refractivity (Wildman–Crippen MR) is 112 cm³/mol. The Bertz CT molecular complexity index is 773. The first-order valence-electron chi connectivity index (χ1n) is 10.1. The van der Waals surface area contributed by atoms with Crippen molar-refractivity contribution in [2.45, 2.75) is 45.6 Å². The van der Waals surface area contributed by atoms with E-state index in [0.29, 0.717) is 17.5 Å². The molecule has 3 atom stereocenters. The van der Waals surface area contributed by atoms with Gasteiger partial charge in [0.25, 0.3) is 0 Å². The zero-order valence-electron chi connectivity index (χ0n) is 17.1. The third-order valence-corrected chi connectivity index (χ3v) is 6.11. The second-order valence-electron chi connectivity index (χ2n) is 8.15. The Morgan fingerprint density at radius 2 is 1.89 bits per heavy atom. The summed E-state index contributed by atoms with van der Waals surface area (Å²) in [6, 6.07) is 12.1. The van der Waals surface area contributed by atoms with E-state index < -0.39 is 5.91 Å². The predicted octanol–water partition coefficient (Wildman–Crippen LogP) is 4.27. The minimum atomic E-state index is -0.495. The third-order valence-electron chi connectivity index (χ3n) is 6.11. The number of nitrogens with zero attached hydrogens (tertiary/aromatic N) is 2. The molecule has 2 aromatic rings. The number of nitrogens with two attached hydrogens (primary N) is 1. The van der Waals surface area contributed by atoms with Crippen LogP contribution < -0.4 is 10.5 Å². The van der Waals surface area contributed by atoms with Gasteiger partial charge in [-0.2, -0.15) is 0 Å². The molecule has 0 saturated heterocycles. The summed E-state index contributed by atoms with van der Waals surface area (Å²) in [5.74, 6) is 2.36. The fraction of sp³-hybridized carbons (Fsp3) is 0.478. The zero-order valence-corrected chi connectivity index (χ0v) is 17.1. The van der Waals surface area contributed by atoms with Gasteiger partial charge in [-0.05, 0) is 68.3 Å². The maximum Gasteiger partial charge on any atom is 0.250 e. The van der Waals surface area contributed by atoms with Crippen molar-refractivity contribution in [2.24, 2.45) is 17.6 Å². The maximum absolute atomic E-state index is 11.1. The maximum atomic E-state index is 11.1. The van der Waals surface area contributed by atoms with E-state index in [9.17, 15) is 4.79 Å². The molecule has 1 amide bonds. The topological polar surface area (TPSA) is 68.5 Å². The lowest BCUT2D eigenvalue weighted by Gasteiger charge is -2.37. The van der Waals surface area contributed by atoms with Gasteiger partial charge < -0.3 is 15.4 Å². The first kappa shape index (κ1) is 20.3. The molecule has 1 aliphatic rings. The highest BCUT2D eigenvalue weighted by molar-refractivity contribution is 5.92. The minimum absolute atomic E-state index is 0.369. The normalized spacial score (nSPS) is 22.2. The quantitative estimate of drug-likeness (QED) is 0.777. The van der Waals surface area contributed by atoms with Gasteiger partial charge in [-0.25, -0.2) is 4.98 Å². The summed E-state index contributed by atoms with van der Waals surface area (Å²) in [7, 11) is 2.26. The highest BCUT2D eigenvalue weighted by Crippen LogP contribution is 2.31. The average Bonchev–Trinajstić information content (AvgIpc) is 2.69. The summed E-state index contributed by atoms with van der Waals surface area (Å²) < 4.78 is 5.74. The van der Waals surface area contributed by atoms with E-state index in [1.807, 2.05) is 12.1 Å². The van der Waals surface area contributed by atoms with Gasteiger partial charge in [0.05, 0.1) is 5.56 Å². The van der Waals surface area contributed by atoms with Crippen LogP contribution in [0.5, 0.6) is 11.6 Å². The summed E-state index contributed by atoms with van der Waals surface area (Å²) in [4.78, 5) is 17.7. The number of aromatic nitrogens is 1. The monoisotopic (exact) mass is 381 g/mol. The molecule has 1 aromatic carbocycles. The lowest BCUT2D eigenvalue weighted by atomic mass is 9.78. The molecule has 0 radical (unpaired) electrons. The fourth-order valence-corrected chi connectivity index (χ4v) is 3.84. The number of amides is 1. The van der Waals surface area contributed by atoms with E-state index in [1.165, 1.54) is 31.0 Å². The second-order valence-corrected chi connectivity index (χ2v) is 8.15. The number of likely N-dealkylation sites (N-methyl/N-ethyl adjacent to an activating group) is 1. The number of hydrogen-bond acceptors (Lipinski definition) is 4. The minimum Gasteiger partial charge on any atom is -0.439 e. The fourth-order valence-electron chi connectivity index (χ4n) is 3.84. The number of primary amides is 1. The van der Waals surface area contributed by atoms with E-state index in [-0.39, 0.29) is 0 Å². The number of rotatable bonds is 7. The standard InChI is InChI=1S/C23H31N3O2/c1-16-4-8-20(14-17(16)2)26(3)13-12-18-5-9-21(10-6-18)28-22-11-7-19(15-25-22)23(24)27/h5-7,9-11,15-17,20H,4,8,12-14H2,1-3H3,(H2,24,27). The number of pyridine rings is 1. The Hall–Kier alpha value is -2.40. The van der Waals surface area contributed by atoms with Gasteiger partial charge in [-0.1, -0.05) is 26.0 Å². The molecule has 5 nitrogen and oxygen atoms in total. The number of carbonyl (C=O) groups excluding carboxylic acids is 1. The molecular formula is C23H31N3O2. The van der Waals surface area contributed by atoms with Crippen molar-refractivity contribution in [1.82, 2.24) is 9.88 Å². The molecule has 5 heteroatoms. The van der Waals surface area contributed by atoms with Crippen LogP contribution in [0.2, 0.25) is 0 Å². The van der Waals surface area contributed by atoms with E-state index >= 15 is 0 Å². The SMILES string of the molecule is CC1CCC(N(C)CCc2ccc(Oc3ccc(C(N)=O)cn3)cc2)CC1C. The van der Waals surface area contributed by atoms with Gasteiger partial charge in [0.2, 0.25) is 11.8 Å². The van der Waals surface area contributed by atoms with Crippen LogP contribution in [-0.2, 0) is 6.42 Å².